The number of benzene rings is 2. The predicted octanol–water partition coefficient (Wildman–Crippen LogP) is 4.52. The fourth-order valence-electron chi connectivity index (χ4n) is 3.36. The average Bonchev–Trinajstić information content (AvgIpc) is 3.11. The van der Waals surface area contributed by atoms with Gasteiger partial charge >= 0.3 is 0 Å². The molecule has 1 amide bonds. The maximum absolute atomic E-state index is 12.4. The van der Waals surface area contributed by atoms with Crippen molar-refractivity contribution in [3.05, 3.63) is 89.5 Å². The first kappa shape index (κ1) is 19.9. The second kappa shape index (κ2) is 9.88. The number of hydrogen-bond acceptors (Lipinski definition) is 2. The number of imidazole rings is 1. The summed E-state index contributed by atoms with van der Waals surface area (Å²) < 4.78 is 2.12. The first-order valence-electron chi connectivity index (χ1n) is 9.99. The van der Waals surface area contributed by atoms with Gasteiger partial charge in [0.15, 0.2) is 0 Å². The van der Waals surface area contributed by atoms with Crippen molar-refractivity contribution < 1.29 is 4.79 Å². The number of amides is 1. The lowest BCUT2D eigenvalue weighted by Crippen LogP contribution is -2.28. The lowest BCUT2D eigenvalue weighted by atomic mass is 10.0. The van der Waals surface area contributed by atoms with Crippen LogP contribution < -0.4 is 5.32 Å². The highest BCUT2D eigenvalue weighted by Crippen LogP contribution is 2.12. The van der Waals surface area contributed by atoms with Crippen molar-refractivity contribution in [1.29, 1.82) is 0 Å². The van der Waals surface area contributed by atoms with Gasteiger partial charge in [0.1, 0.15) is 5.82 Å². The number of carbonyl (C=O) groups is 1. The van der Waals surface area contributed by atoms with E-state index in [1.165, 1.54) is 11.1 Å². The summed E-state index contributed by atoms with van der Waals surface area (Å²) in [7, 11) is 0. The highest BCUT2D eigenvalue weighted by molar-refractivity contribution is 5.78. The summed E-state index contributed by atoms with van der Waals surface area (Å²) in [5.74, 6) is 1.16. The number of aryl methyl sites for hydroxylation is 2. The quantitative estimate of drug-likeness (QED) is 0.598. The van der Waals surface area contributed by atoms with Gasteiger partial charge in [0.05, 0.1) is 0 Å². The van der Waals surface area contributed by atoms with E-state index in [4.69, 9.17) is 0 Å². The molecule has 1 N–H and O–H groups in total. The molecule has 1 heterocycles. The number of nitrogens with zero attached hydrogens (tertiary/aromatic N) is 2. The molecule has 0 aliphatic carbocycles. The molecule has 1 atom stereocenters. The number of nitrogens with one attached hydrogen (secondary N) is 1. The lowest BCUT2D eigenvalue weighted by Gasteiger charge is -2.13. The Morgan fingerprint density at radius 2 is 1.82 bits per heavy atom. The molecule has 0 spiro atoms. The van der Waals surface area contributed by atoms with E-state index in [-0.39, 0.29) is 11.8 Å². The molecule has 0 saturated heterocycles. The zero-order valence-corrected chi connectivity index (χ0v) is 16.8. The summed E-state index contributed by atoms with van der Waals surface area (Å²) in [4.78, 5) is 16.7. The van der Waals surface area contributed by atoms with Crippen LogP contribution in [0.2, 0.25) is 0 Å². The van der Waals surface area contributed by atoms with E-state index in [0.717, 1.165) is 37.2 Å². The summed E-state index contributed by atoms with van der Waals surface area (Å²) in [6, 6.07) is 18.8. The van der Waals surface area contributed by atoms with Gasteiger partial charge in [0.2, 0.25) is 5.91 Å². The summed E-state index contributed by atoms with van der Waals surface area (Å²) in [5, 5.41) is 3.09. The van der Waals surface area contributed by atoms with Crippen molar-refractivity contribution in [2.75, 3.05) is 0 Å². The maximum Gasteiger partial charge on any atom is 0.223 e. The second-order valence-electron chi connectivity index (χ2n) is 7.42. The van der Waals surface area contributed by atoms with E-state index < -0.39 is 0 Å². The first-order chi connectivity index (χ1) is 13.6. The third kappa shape index (κ3) is 5.81. The molecule has 3 rings (SSSR count). The molecule has 0 aliphatic heterocycles. The number of carbonyl (C=O) groups excluding carboxylic acids is 1. The molecule has 1 aromatic heterocycles. The van der Waals surface area contributed by atoms with Crippen LogP contribution in [0.25, 0.3) is 0 Å². The normalized spacial score (nSPS) is 11.9. The Morgan fingerprint density at radius 1 is 1.07 bits per heavy atom. The van der Waals surface area contributed by atoms with Crippen molar-refractivity contribution in [2.24, 2.45) is 5.92 Å². The predicted molar refractivity (Wildman–Crippen MR) is 113 cm³/mol. The molecule has 0 saturated carbocycles. The van der Waals surface area contributed by atoms with Gasteiger partial charge in [-0.1, -0.05) is 61.5 Å². The Balaban J connectivity index is 1.44. The summed E-state index contributed by atoms with van der Waals surface area (Å²) in [6.07, 6.45) is 6.76. The minimum atomic E-state index is 0.0282. The van der Waals surface area contributed by atoms with Crippen LogP contribution in [0.1, 0.15) is 42.3 Å². The van der Waals surface area contributed by atoms with Crippen molar-refractivity contribution in [3.63, 3.8) is 0 Å². The molecular weight excluding hydrogens is 346 g/mol. The molecule has 4 heteroatoms. The Bertz CT molecular complexity index is 886. The van der Waals surface area contributed by atoms with Crippen molar-refractivity contribution >= 4 is 5.91 Å². The minimum absolute atomic E-state index is 0.0282. The molecule has 2 aromatic carbocycles. The van der Waals surface area contributed by atoms with Crippen LogP contribution in [0.15, 0.2) is 67.0 Å². The van der Waals surface area contributed by atoms with Crippen LogP contribution in [0, 0.1) is 12.8 Å². The largest absolute Gasteiger partial charge is 0.352 e. The monoisotopic (exact) mass is 375 g/mol. The van der Waals surface area contributed by atoms with Gasteiger partial charge < -0.3 is 9.88 Å². The molecular formula is C24H29N3O. The van der Waals surface area contributed by atoms with Gasteiger partial charge in [-0.2, -0.15) is 0 Å². The van der Waals surface area contributed by atoms with Gasteiger partial charge in [-0.3, -0.25) is 4.79 Å². The highest BCUT2D eigenvalue weighted by Gasteiger charge is 2.12. The van der Waals surface area contributed by atoms with Gasteiger partial charge in [0, 0.05) is 31.4 Å². The lowest BCUT2D eigenvalue weighted by molar-refractivity contribution is -0.124. The van der Waals surface area contributed by atoms with Crippen molar-refractivity contribution in [2.45, 2.75) is 46.2 Å². The minimum Gasteiger partial charge on any atom is -0.352 e. The van der Waals surface area contributed by atoms with Crippen LogP contribution in [-0.4, -0.2) is 15.5 Å². The van der Waals surface area contributed by atoms with Crippen LogP contribution in [0.5, 0.6) is 0 Å². The summed E-state index contributed by atoms with van der Waals surface area (Å²) in [5.41, 5.74) is 3.67. The maximum atomic E-state index is 12.4. The number of hydrogen-bond donors (Lipinski definition) is 1. The van der Waals surface area contributed by atoms with Gasteiger partial charge in [-0.25, -0.2) is 4.98 Å². The van der Waals surface area contributed by atoms with E-state index in [2.05, 4.69) is 57.3 Å². The van der Waals surface area contributed by atoms with Gasteiger partial charge in [-0.15, -0.1) is 0 Å². The van der Waals surface area contributed by atoms with Crippen LogP contribution in [-0.2, 0) is 24.3 Å². The number of aromatic nitrogens is 2. The second-order valence-corrected chi connectivity index (χ2v) is 7.42. The van der Waals surface area contributed by atoms with E-state index in [0.29, 0.717) is 6.54 Å². The molecule has 0 bridgehead atoms. The smallest absolute Gasteiger partial charge is 0.223 e. The summed E-state index contributed by atoms with van der Waals surface area (Å²) >= 11 is 0. The molecule has 28 heavy (non-hydrogen) atoms. The first-order valence-corrected chi connectivity index (χ1v) is 9.99. The fourth-order valence-corrected chi connectivity index (χ4v) is 3.36. The van der Waals surface area contributed by atoms with Crippen molar-refractivity contribution in [3.8, 4) is 0 Å². The van der Waals surface area contributed by atoms with E-state index in [1.54, 1.807) is 0 Å². The molecule has 146 valence electrons. The summed E-state index contributed by atoms with van der Waals surface area (Å²) in [6.45, 7) is 5.38. The number of rotatable bonds is 9. The standard InChI is InChI=1S/C24H29N3O/c1-19(8-6-11-21-9-4-3-5-10-21)24(28)26-17-22-12-7-13-23(16-22)18-27-15-14-25-20(27)2/h3-5,7,9-10,12-16,19H,6,8,11,17-18H2,1-2H3,(H,26,28)/t19-/m1/s1. The van der Waals surface area contributed by atoms with Crippen LogP contribution in [0.3, 0.4) is 0 Å². The Kier molecular flexibility index (Phi) is 7.01. The zero-order chi connectivity index (χ0) is 19.8. The van der Waals surface area contributed by atoms with E-state index in [9.17, 15) is 4.79 Å². The topological polar surface area (TPSA) is 46.9 Å². The van der Waals surface area contributed by atoms with Gasteiger partial charge in [0.25, 0.3) is 0 Å². The average molecular weight is 376 g/mol. The highest BCUT2D eigenvalue weighted by atomic mass is 16.1. The van der Waals surface area contributed by atoms with Crippen LogP contribution in [0.4, 0.5) is 0 Å². The third-order valence-electron chi connectivity index (χ3n) is 5.13. The van der Waals surface area contributed by atoms with E-state index in [1.807, 2.05) is 38.4 Å². The fraction of sp³-hybridized carbons (Fsp3) is 0.333. The third-order valence-corrected chi connectivity index (χ3v) is 5.13. The Labute approximate surface area is 167 Å². The molecule has 0 fully saturated rings. The van der Waals surface area contributed by atoms with Gasteiger partial charge in [-0.05, 0) is 42.9 Å². The SMILES string of the molecule is Cc1nccn1Cc1cccc(CNC(=O)[C@H](C)CCCc2ccccc2)c1. The zero-order valence-electron chi connectivity index (χ0n) is 16.8. The molecule has 0 radical (unpaired) electrons. The molecule has 4 nitrogen and oxygen atoms in total. The molecule has 0 unspecified atom stereocenters. The molecule has 3 aromatic rings. The van der Waals surface area contributed by atoms with Crippen molar-refractivity contribution in [1.82, 2.24) is 14.9 Å². The van der Waals surface area contributed by atoms with Crippen LogP contribution >= 0.6 is 0 Å². The van der Waals surface area contributed by atoms with E-state index >= 15 is 0 Å². The Morgan fingerprint density at radius 3 is 2.57 bits per heavy atom. The Hall–Kier alpha value is -2.88. The molecule has 0 aliphatic rings.